The standard InChI is InChI=1S/C35H38F4N6O2/c1-22-15-34(16-22,32-41-40-21-42(32)3)25-6-4-7-26(14-25)45-17-28-27(31(45)47)12-24(13-29(28)35(37,38)39)23(2)43-11-9-33(18-43)19-44(20-33)30(46)8-5-10-36/h4-8,12-14,21-23H,9-11,15-20H2,1-3H3/b8-5+/t22?,23-,34?/m0/s1. The van der Waals surface area contributed by atoms with Crippen LogP contribution in [0, 0.1) is 11.3 Å². The lowest BCUT2D eigenvalue weighted by molar-refractivity contribution is -0.138. The monoisotopic (exact) mass is 650 g/mol. The second-order valence-corrected chi connectivity index (χ2v) is 14.0. The van der Waals surface area contributed by atoms with Gasteiger partial charge in [-0.2, -0.15) is 13.2 Å². The number of aromatic nitrogens is 3. The van der Waals surface area contributed by atoms with Crippen LogP contribution in [0.3, 0.4) is 0 Å². The molecule has 248 valence electrons. The van der Waals surface area contributed by atoms with Crippen LogP contribution in [0.5, 0.6) is 0 Å². The number of aryl methyl sites for hydroxylation is 1. The number of fused-ring (bicyclic) bond motifs is 1. The van der Waals surface area contributed by atoms with Crippen LogP contribution in [0.1, 0.15) is 77.6 Å². The van der Waals surface area contributed by atoms with Crippen LogP contribution in [-0.4, -0.2) is 69.2 Å². The molecule has 0 radical (unpaired) electrons. The molecule has 1 atom stereocenters. The van der Waals surface area contributed by atoms with Gasteiger partial charge in [-0.25, -0.2) is 4.39 Å². The molecule has 1 aliphatic carbocycles. The highest BCUT2D eigenvalue weighted by Crippen LogP contribution is 2.52. The molecular formula is C35H38F4N6O2. The van der Waals surface area contributed by atoms with Gasteiger partial charge in [0.05, 0.1) is 17.5 Å². The summed E-state index contributed by atoms with van der Waals surface area (Å²) in [6.07, 6.45) is 1.99. The number of alkyl halides is 4. The molecular weight excluding hydrogens is 612 g/mol. The molecule has 0 N–H and O–H groups in total. The summed E-state index contributed by atoms with van der Waals surface area (Å²) >= 11 is 0. The number of allylic oxidation sites excluding steroid dienone is 1. The van der Waals surface area contributed by atoms with Crippen LogP contribution in [0.15, 0.2) is 54.9 Å². The molecule has 7 rings (SSSR count). The van der Waals surface area contributed by atoms with E-state index in [9.17, 15) is 27.2 Å². The van der Waals surface area contributed by atoms with Gasteiger partial charge >= 0.3 is 6.18 Å². The average Bonchev–Trinajstić information content (AvgIpc) is 3.73. The molecule has 1 spiro atoms. The van der Waals surface area contributed by atoms with Gasteiger partial charge in [0, 0.05) is 55.5 Å². The number of rotatable bonds is 7. The topological polar surface area (TPSA) is 74.6 Å². The van der Waals surface area contributed by atoms with Crippen molar-refractivity contribution in [1.29, 1.82) is 0 Å². The Bertz CT molecular complexity index is 1750. The second-order valence-electron chi connectivity index (χ2n) is 14.0. The predicted molar refractivity (Wildman–Crippen MR) is 167 cm³/mol. The lowest BCUT2D eigenvalue weighted by atomic mass is 9.58. The Balaban J connectivity index is 1.15. The van der Waals surface area contributed by atoms with Gasteiger partial charge in [-0.05, 0) is 85.7 Å². The third kappa shape index (κ3) is 5.25. The zero-order chi connectivity index (χ0) is 33.3. The van der Waals surface area contributed by atoms with E-state index in [2.05, 4.69) is 22.0 Å². The molecule has 1 aromatic heterocycles. The molecule has 3 aromatic rings. The smallest absolute Gasteiger partial charge is 0.338 e. The zero-order valence-corrected chi connectivity index (χ0v) is 26.7. The molecule has 8 nitrogen and oxygen atoms in total. The molecule has 0 unspecified atom stereocenters. The van der Waals surface area contributed by atoms with Crippen molar-refractivity contribution in [3.63, 3.8) is 0 Å². The van der Waals surface area contributed by atoms with E-state index in [0.717, 1.165) is 30.7 Å². The van der Waals surface area contributed by atoms with Crippen LogP contribution in [0.25, 0.3) is 0 Å². The van der Waals surface area contributed by atoms with Gasteiger partial charge in [-0.3, -0.25) is 14.5 Å². The zero-order valence-electron chi connectivity index (χ0n) is 26.7. The minimum Gasteiger partial charge on any atom is -0.338 e. The number of hydrogen-bond acceptors (Lipinski definition) is 5. The van der Waals surface area contributed by atoms with E-state index in [1.54, 1.807) is 23.4 Å². The van der Waals surface area contributed by atoms with E-state index in [0.29, 0.717) is 43.3 Å². The first kappa shape index (κ1) is 31.5. The van der Waals surface area contributed by atoms with Crippen molar-refractivity contribution in [2.24, 2.45) is 18.4 Å². The van der Waals surface area contributed by atoms with Crippen molar-refractivity contribution >= 4 is 17.5 Å². The second kappa shape index (κ2) is 11.3. The molecule has 47 heavy (non-hydrogen) atoms. The Morgan fingerprint density at radius 2 is 1.91 bits per heavy atom. The summed E-state index contributed by atoms with van der Waals surface area (Å²) in [6, 6.07) is 10.0. The SMILES string of the molecule is CC1CC(c2cccc(N3Cc4c(cc([C@H](C)N5CCC6(CN(C(=O)/C=C/CF)C6)C5)cc4C(F)(F)F)C3=O)c2)(c2nncn2C)C1. The van der Waals surface area contributed by atoms with Crippen LogP contribution < -0.4 is 4.90 Å². The van der Waals surface area contributed by atoms with Crippen molar-refractivity contribution in [2.45, 2.75) is 57.3 Å². The van der Waals surface area contributed by atoms with Gasteiger partial charge < -0.3 is 14.4 Å². The van der Waals surface area contributed by atoms with E-state index >= 15 is 0 Å². The first-order valence-corrected chi connectivity index (χ1v) is 16.1. The number of anilines is 1. The number of halogens is 4. The predicted octanol–water partition coefficient (Wildman–Crippen LogP) is 5.83. The normalized spacial score (nSPS) is 24.6. The van der Waals surface area contributed by atoms with E-state index < -0.39 is 24.3 Å². The van der Waals surface area contributed by atoms with E-state index in [1.165, 1.54) is 23.1 Å². The number of hydrogen-bond donors (Lipinski definition) is 0. The molecule has 4 aliphatic rings. The van der Waals surface area contributed by atoms with Crippen LogP contribution in [-0.2, 0) is 30.0 Å². The van der Waals surface area contributed by atoms with Gasteiger partial charge in [0.25, 0.3) is 5.91 Å². The minimum atomic E-state index is -4.64. The molecule has 0 bridgehead atoms. The summed E-state index contributed by atoms with van der Waals surface area (Å²) < 4.78 is 58.1. The Morgan fingerprint density at radius 3 is 2.57 bits per heavy atom. The van der Waals surface area contributed by atoms with E-state index in [4.69, 9.17) is 0 Å². The largest absolute Gasteiger partial charge is 0.416 e. The Hall–Kier alpha value is -4.06. The van der Waals surface area contributed by atoms with Gasteiger partial charge in [0.2, 0.25) is 5.91 Å². The van der Waals surface area contributed by atoms with Crippen molar-refractivity contribution in [3.8, 4) is 0 Å². The summed E-state index contributed by atoms with van der Waals surface area (Å²) in [4.78, 5) is 31.4. The van der Waals surface area contributed by atoms with E-state index in [-0.39, 0.29) is 40.5 Å². The minimum absolute atomic E-state index is 0.00323. The Kier molecular flexibility index (Phi) is 7.57. The maximum atomic E-state index is 14.6. The fraction of sp³-hybridized carbons (Fsp3) is 0.486. The average molecular weight is 651 g/mol. The number of nitrogens with zero attached hydrogens (tertiary/aromatic N) is 6. The van der Waals surface area contributed by atoms with E-state index in [1.807, 2.05) is 36.7 Å². The summed E-state index contributed by atoms with van der Waals surface area (Å²) in [7, 11) is 1.90. The lowest BCUT2D eigenvalue weighted by Gasteiger charge is -2.48. The number of carbonyl (C=O) groups excluding carboxylic acids is 2. The summed E-state index contributed by atoms with van der Waals surface area (Å²) in [5.41, 5.74) is 0.767. The van der Waals surface area contributed by atoms with Gasteiger partial charge in [-0.15, -0.1) is 10.2 Å². The van der Waals surface area contributed by atoms with Crippen molar-refractivity contribution in [1.82, 2.24) is 24.6 Å². The van der Waals surface area contributed by atoms with Crippen molar-refractivity contribution < 1.29 is 27.2 Å². The maximum Gasteiger partial charge on any atom is 0.416 e. The molecule has 4 heterocycles. The molecule has 1 saturated carbocycles. The van der Waals surface area contributed by atoms with Gasteiger partial charge in [0.15, 0.2) is 0 Å². The van der Waals surface area contributed by atoms with Crippen LogP contribution >= 0.6 is 0 Å². The molecule has 3 fully saturated rings. The number of benzene rings is 2. The van der Waals surface area contributed by atoms with Crippen LogP contribution in [0.2, 0.25) is 0 Å². The van der Waals surface area contributed by atoms with Crippen LogP contribution in [0.4, 0.5) is 23.2 Å². The van der Waals surface area contributed by atoms with Gasteiger partial charge in [0.1, 0.15) is 18.8 Å². The Labute approximate surface area is 271 Å². The third-order valence-electron chi connectivity index (χ3n) is 10.8. The summed E-state index contributed by atoms with van der Waals surface area (Å²) in [5, 5.41) is 8.49. The molecule has 3 aliphatic heterocycles. The van der Waals surface area contributed by atoms with Gasteiger partial charge in [-0.1, -0.05) is 19.1 Å². The fourth-order valence-electron chi connectivity index (χ4n) is 8.44. The number of likely N-dealkylation sites (tertiary alicyclic amines) is 2. The third-order valence-corrected chi connectivity index (χ3v) is 10.8. The summed E-state index contributed by atoms with van der Waals surface area (Å²) in [6.45, 7) is 5.55. The Morgan fingerprint density at radius 1 is 1.15 bits per heavy atom. The summed E-state index contributed by atoms with van der Waals surface area (Å²) in [5.74, 6) is 0.635. The highest BCUT2D eigenvalue weighted by Gasteiger charge is 2.51. The maximum absolute atomic E-state index is 14.6. The molecule has 2 aromatic carbocycles. The number of amides is 2. The lowest BCUT2D eigenvalue weighted by Crippen LogP contribution is -2.59. The highest BCUT2D eigenvalue weighted by molar-refractivity contribution is 6.10. The first-order valence-electron chi connectivity index (χ1n) is 16.1. The van der Waals surface area contributed by atoms with Crippen molar-refractivity contribution in [3.05, 3.63) is 88.5 Å². The first-order chi connectivity index (χ1) is 22.3. The highest BCUT2D eigenvalue weighted by atomic mass is 19.4. The van der Waals surface area contributed by atoms with Crippen molar-refractivity contribution in [2.75, 3.05) is 37.8 Å². The quantitative estimate of drug-likeness (QED) is 0.238. The molecule has 12 heteroatoms. The fourth-order valence-corrected chi connectivity index (χ4v) is 8.44. The number of carbonyl (C=O) groups is 2. The molecule has 2 saturated heterocycles. The molecule has 2 amide bonds.